The van der Waals surface area contributed by atoms with Crippen molar-refractivity contribution in [3.8, 4) is 5.75 Å². The van der Waals surface area contributed by atoms with Gasteiger partial charge in [0.05, 0.1) is 6.61 Å². The second-order valence-electron chi connectivity index (χ2n) is 7.44. The third kappa shape index (κ3) is 4.91. The maximum absolute atomic E-state index is 12.8. The van der Waals surface area contributed by atoms with Crippen molar-refractivity contribution in [2.24, 2.45) is 11.8 Å². The molecule has 0 aromatic heterocycles. The highest BCUT2D eigenvalue weighted by molar-refractivity contribution is 5.97. The second-order valence-corrected chi connectivity index (χ2v) is 7.44. The zero-order chi connectivity index (χ0) is 19.9. The normalized spacial score (nSPS) is 17.6. The van der Waals surface area contributed by atoms with Crippen LogP contribution >= 0.6 is 0 Å². The number of para-hydroxylation sites is 1. The average Bonchev–Trinajstić information content (AvgIpc) is 2.75. The first-order valence-corrected chi connectivity index (χ1v) is 9.92. The van der Waals surface area contributed by atoms with Crippen LogP contribution in [-0.4, -0.2) is 31.0 Å². The van der Waals surface area contributed by atoms with Crippen LogP contribution < -0.4 is 15.4 Å². The van der Waals surface area contributed by atoms with Gasteiger partial charge in [-0.1, -0.05) is 56.7 Å². The van der Waals surface area contributed by atoms with Gasteiger partial charge in [0.2, 0.25) is 5.91 Å². The summed E-state index contributed by atoms with van der Waals surface area (Å²) in [6.07, 6.45) is 1.67. The lowest BCUT2D eigenvalue weighted by Gasteiger charge is -2.27. The van der Waals surface area contributed by atoms with E-state index in [2.05, 4.69) is 16.7 Å². The molecule has 0 saturated heterocycles. The predicted octanol–water partition coefficient (Wildman–Crippen LogP) is 3.20. The van der Waals surface area contributed by atoms with Gasteiger partial charge in [-0.15, -0.1) is 0 Å². The number of amides is 2. The average molecular weight is 380 g/mol. The van der Waals surface area contributed by atoms with Gasteiger partial charge >= 0.3 is 0 Å². The van der Waals surface area contributed by atoms with E-state index in [0.717, 1.165) is 18.6 Å². The minimum absolute atomic E-state index is 0.0380. The van der Waals surface area contributed by atoms with Crippen LogP contribution in [0.2, 0.25) is 0 Å². The molecule has 5 nitrogen and oxygen atoms in total. The Balaban J connectivity index is 1.58. The fourth-order valence-corrected chi connectivity index (χ4v) is 3.39. The molecular weight excluding hydrogens is 352 g/mol. The molecule has 2 N–H and O–H groups in total. The van der Waals surface area contributed by atoms with Crippen molar-refractivity contribution in [1.29, 1.82) is 0 Å². The summed E-state index contributed by atoms with van der Waals surface area (Å²) in [5.41, 5.74) is 1.73. The number of hydrogen-bond donors (Lipinski definition) is 2. The molecule has 2 aromatic rings. The van der Waals surface area contributed by atoms with E-state index in [1.165, 1.54) is 5.56 Å². The van der Waals surface area contributed by atoms with Crippen molar-refractivity contribution < 1.29 is 14.3 Å². The zero-order valence-corrected chi connectivity index (χ0v) is 16.5. The topological polar surface area (TPSA) is 67.4 Å². The molecule has 1 heterocycles. The number of hydrogen-bond acceptors (Lipinski definition) is 3. The lowest BCUT2D eigenvalue weighted by atomic mass is 9.95. The molecule has 0 saturated carbocycles. The zero-order valence-electron chi connectivity index (χ0n) is 16.5. The Labute approximate surface area is 166 Å². The van der Waals surface area contributed by atoms with Crippen LogP contribution in [0.3, 0.4) is 0 Å². The maximum atomic E-state index is 12.8. The molecule has 2 amide bonds. The maximum Gasteiger partial charge on any atom is 0.251 e. The van der Waals surface area contributed by atoms with Crippen LogP contribution in [0.1, 0.15) is 36.2 Å². The van der Waals surface area contributed by atoms with Crippen LogP contribution in [0, 0.1) is 11.8 Å². The summed E-state index contributed by atoms with van der Waals surface area (Å²) in [6, 6.07) is 16.4. The number of rotatable bonds is 7. The number of benzene rings is 2. The van der Waals surface area contributed by atoms with Crippen LogP contribution in [-0.2, 0) is 11.2 Å². The number of carbonyl (C=O) groups excluding carboxylic acids is 2. The number of carbonyl (C=O) groups is 2. The van der Waals surface area contributed by atoms with Gasteiger partial charge in [-0.05, 0) is 36.1 Å². The van der Waals surface area contributed by atoms with Gasteiger partial charge in [0, 0.05) is 18.0 Å². The van der Waals surface area contributed by atoms with E-state index in [1.54, 1.807) is 12.1 Å². The smallest absolute Gasteiger partial charge is 0.251 e. The Kier molecular flexibility index (Phi) is 6.69. The van der Waals surface area contributed by atoms with Gasteiger partial charge < -0.3 is 15.4 Å². The van der Waals surface area contributed by atoms with Crippen molar-refractivity contribution >= 4 is 11.8 Å². The second kappa shape index (κ2) is 9.40. The first-order chi connectivity index (χ1) is 13.6. The molecule has 5 heteroatoms. The highest BCUT2D eigenvalue weighted by Gasteiger charge is 2.27. The molecule has 1 aliphatic rings. The fourth-order valence-electron chi connectivity index (χ4n) is 3.39. The van der Waals surface area contributed by atoms with E-state index in [4.69, 9.17) is 4.74 Å². The van der Waals surface area contributed by atoms with E-state index >= 15 is 0 Å². The van der Waals surface area contributed by atoms with E-state index in [0.29, 0.717) is 18.7 Å². The summed E-state index contributed by atoms with van der Waals surface area (Å²) < 4.78 is 5.80. The lowest BCUT2D eigenvalue weighted by Crippen LogP contribution is -2.51. The first kappa shape index (κ1) is 19.9. The molecule has 0 fully saturated rings. The molecule has 3 rings (SSSR count). The molecule has 0 spiro atoms. The molecule has 0 aliphatic carbocycles. The van der Waals surface area contributed by atoms with Gasteiger partial charge in [0.1, 0.15) is 11.8 Å². The highest BCUT2D eigenvalue weighted by Crippen LogP contribution is 2.26. The van der Waals surface area contributed by atoms with Gasteiger partial charge in [0.15, 0.2) is 0 Å². The lowest BCUT2D eigenvalue weighted by molar-refractivity contribution is -0.124. The molecule has 28 heavy (non-hydrogen) atoms. The van der Waals surface area contributed by atoms with Crippen molar-refractivity contribution in [3.05, 3.63) is 65.7 Å². The van der Waals surface area contributed by atoms with Crippen molar-refractivity contribution in [2.75, 3.05) is 13.2 Å². The van der Waals surface area contributed by atoms with Gasteiger partial charge in [-0.2, -0.15) is 0 Å². The summed E-state index contributed by atoms with van der Waals surface area (Å²) in [7, 11) is 0. The predicted molar refractivity (Wildman–Crippen MR) is 109 cm³/mol. The van der Waals surface area contributed by atoms with E-state index < -0.39 is 6.04 Å². The number of nitrogens with one attached hydrogen (secondary N) is 2. The van der Waals surface area contributed by atoms with Gasteiger partial charge in [0.25, 0.3) is 5.91 Å². The fraction of sp³-hybridized carbons (Fsp3) is 0.391. The SMILES string of the molecule is CCC(C)C(NC(=O)c1ccccc1)C(=O)NCC1COc2ccccc2C1. The third-order valence-corrected chi connectivity index (χ3v) is 5.34. The Morgan fingerprint density at radius 2 is 1.82 bits per heavy atom. The summed E-state index contributed by atoms with van der Waals surface area (Å²) in [5, 5.41) is 5.93. The molecule has 0 bridgehead atoms. The number of ether oxygens (including phenoxy) is 1. The molecule has 148 valence electrons. The number of fused-ring (bicyclic) bond motifs is 1. The van der Waals surface area contributed by atoms with Crippen LogP contribution in [0.25, 0.3) is 0 Å². The van der Waals surface area contributed by atoms with Crippen LogP contribution in [0.4, 0.5) is 0 Å². The Bertz CT molecular complexity index is 807. The molecule has 2 aromatic carbocycles. The molecular formula is C23H28N2O3. The van der Waals surface area contributed by atoms with Crippen molar-refractivity contribution in [2.45, 2.75) is 32.7 Å². The van der Waals surface area contributed by atoms with E-state index in [-0.39, 0.29) is 23.7 Å². The summed E-state index contributed by atoms with van der Waals surface area (Å²) >= 11 is 0. The Hall–Kier alpha value is -2.82. The van der Waals surface area contributed by atoms with Crippen molar-refractivity contribution in [3.63, 3.8) is 0 Å². The van der Waals surface area contributed by atoms with E-state index in [1.807, 2.05) is 50.2 Å². The van der Waals surface area contributed by atoms with Gasteiger partial charge in [-0.3, -0.25) is 9.59 Å². The van der Waals surface area contributed by atoms with Crippen LogP contribution in [0.5, 0.6) is 5.75 Å². The third-order valence-electron chi connectivity index (χ3n) is 5.34. The largest absolute Gasteiger partial charge is 0.493 e. The minimum atomic E-state index is -0.561. The Morgan fingerprint density at radius 3 is 2.57 bits per heavy atom. The molecule has 1 aliphatic heterocycles. The Morgan fingerprint density at radius 1 is 1.11 bits per heavy atom. The first-order valence-electron chi connectivity index (χ1n) is 9.92. The summed E-state index contributed by atoms with van der Waals surface area (Å²) in [4.78, 5) is 25.3. The van der Waals surface area contributed by atoms with Crippen molar-refractivity contribution in [1.82, 2.24) is 10.6 Å². The quantitative estimate of drug-likeness (QED) is 0.775. The highest BCUT2D eigenvalue weighted by atomic mass is 16.5. The standard InChI is InChI=1S/C23H28N2O3/c1-3-16(2)21(25-22(26)18-9-5-4-6-10-18)23(27)24-14-17-13-19-11-7-8-12-20(19)28-15-17/h4-12,16-17,21H,3,13-15H2,1-2H3,(H,24,27)(H,25,26). The summed E-state index contributed by atoms with van der Waals surface area (Å²) in [5.74, 6) is 0.823. The van der Waals surface area contributed by atoms with Gasteiger partial charge in [-0.25, -0.2) is 0 Å². The molecule has 0 radical (unpaired) electrons. The van der Waals surface area contributed by atoms with E-state index in [9.17, 15) is 9.59 Å². The molecule has 3 unspecified atom stereocenters. The van der Waals surface area contributed by atoms with Crippen LogP contribution in [0.15, 0.2) is 54.6 Å². The monoisotopic (exact) mass is 380 g/mol. The minimum Gasteiger partial charge on any atom is -0.493 e. The molecule has 3 atom stereocenters. The summed E-state index contributed by atoms with van der Waals surface area (Å²) in [6.45, 7) is 5.12.